The minimum Gasteiger partial charge on any atom is -1.00 e. The van der Waals surface area contributed by atoms with E-state index in [1.165, 1.54) is 0 Å². The molecule has 0 aromatic carbocycles. The smallest absolute Gasteiger partial charge is 1.00 e. The topological polar surface area (TPSA) is 66.4 Å². The van der Waals surface area contributed by atoms with Crippen molar-refractivity contribution in [3.05, 3.63) is 16.0 Å². The molecule has 0 rings (SSSR count). The second kappa shape index (κ2) is 114. The van der Waals surface area contributed by atoms with E-state index >= 15 is 0 Å². The standard InChI is InChI=1S/2C2H7N.3C2H6N.HI.Zr/c5*1-3-2;;/h2*3H,1-2H3;3*1-2H3;1H;/q;;3*-1;;+4/p-1. The summed E-state index contributed by atoms with van der Waals surface area (Å²) in [5.74, 6) is 0. The normalized spacial score (nSPS) is 5.29. The van der Waals surface area contributed by atoms with Crippen LogP contribution in [0.2, 0.25) is 0 Å². The summed E-state index contributed by atoms with van der Waals surface area (Å²) < 4.78 is 0. The van der Waals surface area contributed by atoms with Gasteiger partial charge in [0.2, 0.25) is 0 Å². The van der Waals surface area contributed by atoms with Gasteiger partial charge in [-0.25, -0.2) is 0 Å². The molecule has 17 heavy (non-hydrogen) atoms. The van der Waals surface area contributed by atoms with Crippen LogP contribution in [0.5, 0.6) is 0 Å². The molecule has 0 aromatic heterocycles. The van der Waals surface area contributed by atoms with Crippen LogP contribution in [0.15, 0.2) is 0 Å². The van der Waals surface area contributed by atoms with Crippen LogP contribution >= 0.6 is 0 Å². The molecule has 0 fully saturated rings. The Balaban J connectivity index is -0.0000000143. The minimum atomic E-state index is 0. The largest absolute Gasteiger partial charge is 4.00 e. The zero-order chi connectivity index (χ0) is 13.5. The Hall–Kier alpha value is 1.41. The molecule has 2 N–H and O–H groups in total. The molecule has 0 aliphatic rings. The Morgan fingerprint density at radius 2 is 0.529 bits per heavy atom. The van der Waals surface area contributed by atoms with E-state index in [9.17, 15) is 0 Å². The van der Waals surface area contributed by atoms with Crippen LogP contribution in [0.1, 0.15) is 0 Å². The van der Waals surface area contributed by atoms with Gasteiger partial charge in [-0.1, -0.05) is 0 Å². The van der Waals surface area contributed by atoms with E-state index in [4.69, 9.17) is 0 Å². The molecule has 7 heteroatoms. The van der Waals surface area contributed by atoms with Gasteiger partial charge in [-0.2, -0.15) is 42.3 Å². The predicted octanol–water partition coefficient (Wildman–Crippen LogP) is -1.47. The molecule has 0 saturated carbocycles. The van der Waals surface area contributed by atoms with Crippen molar-refractivity contribution < 1.29 is 50.2 Å². The van der Waals surface area contributed by atoms with Crippen LogP contribution in [-0.4, -0.2) is 70.5 Å². The summed E-state index contributed by atoms with van der Waals surface area (Å²) in [6.07, 6.45) is 0. The molecule has 0 amide bonds. The van der Waals surface area contributed by atoms with Crippen molar-refractivity contribution in [2.75, 3.05) is 70.5 Å². The fraction of sp³-hybridized carbons (Fsp3) is 1.00. The maximum absolute atomic E-state index is 3.50. The molecular formula is C10H32IN5Zr. The molecule has 108 valence electrons. The van der Waals surface area contributed by atoms with E-state index in [0.29, 0.717) is 0 Å². The molecule has 0 aromatic rings. The van der Waals surface area contributed by atoms with Gasteiger partial charge in [0.15, 0.2) is 0 Å². The first-order valence-corrected chi connectivity index (χ1v) is 4.68. The molecule has 5 nitrogen and oxygen atoms in total. The second-order valence-electron chi connectivity index (χ2n) is 2.34. The van der Waals surface area contributed by atoms with Gasteiger partial charge in [0, 0.05) is 0 Å². The average Bonchev–Trinajstić information content (AvgIpc) is 2.09. The van der Waals surface area contributed by atoms with Gasteiger partial charge in [0.25, 0.3) is 0 Å². The fourth-order valence-electron chi connectivity index (χ4n) is 0. The van der Waals surface area contributed by atoms with Gasteiger partial charge in [-0.3, -0.25) is 0 Å². The number of nitrogens with one attached hydrogen (secondary N) is 2. The van der Waals surface area contributed by atoms with E-state index in [0.717, 1.165) is 0 Å². The fourth-order valence-corrected chi connectivity index (χ4v) is 0. The number of rotatable bonds is 0. The predicted molar refractivity (Wildman–Crippen MR) is 75.6 cm³/mol. The molecule has 0 radical (unpaired) electrons. The Bertz CT molecular complexity index is 36.3. The Morgan fingerprint density at radius 3 is 0.529 bits per heavy atom. The second-order valence-corrected chi connectivity index (χ2v) is 2.34. The van der Waals surface area contributed by atoms with Gasteiger partial charge in [-0.05, 0) is 28.2 Å². The summed E-state index contributed by atoms with van der Waals surface area (Å²) in [6, 6.07) is 0. The molecule has 0 spiro atoms. The SMILES string of the molecule is CNC.CNC.C[N-]C.C[N-]C.C[N-]C.[I-].[Zr+4]. The van der Waals surface area contributed by atoms with E-state index < -0.39 is 0 Å². The first-order valence-electron chi connectivity index (χ1n) is 4.68. The molecule has 0 bridgehead atoms. The van der Waals surface area contributed by atoms with Crippen molar-refractivity contribution >= 4 is 0 Å². The van der Waals surface area contributed by atoms with Gasteiger partial charge in [-0.15, -0.1) is 0 Å². The zero-order valence-corrected chi connectivity index (χ0v) is 17.8. The van der Waals surface area contributed by atoms with Crippen LogP contribution < -0.4 is 34.6 Å². The zero-order valence-electron chi connectivity index (χ0n) is 13.2. The van der Waals surface area contributed by atoms with Crippen molar-refractivity contribution in [3.63, 3.8) is 0 Å². The van der Waals surface area contributed by atoms with E-state index in [1.54, 1.807) is 42.3 Å². The summed E-state index contributed by atoms with van der Waals surface area (Å²) in [5.41, 5.74) is 0. The first-order chi connectivity index (χ1) is 7.07. The average molecular weight is 441 g/mol. The van der Waals surface area contributed by atoms with Crippen molar-refractivity contribution in [2.45, 2.75) is 0 Å². The molecule has 0 saturated heterocycles. The summed E-state index contributed by atoms with van der Waals surface area (Å²) in [4.78, 5) is 0. The van der Waals surface area contributed by atoms with Crippen molar-refractivity contribution in [3.8, 4) is 0 Å². The molecule has 0 aliphatic heterocycles. The third-order valence-electron chi connectivity index (χ3n) is 0. The van der Waals surface area contributed by atoms with Crippen molar-refractivity contribution in [1.29, 1.82) is 0 Å². The minimum absolute atomic E-state index is 0. The number of hydrogen-bond acceptors (Lipinski definition) is 2. The number of nitrogens with zero attached hydrogens (tertiary/aromatic N) is 3. The molecule has 0 aliphatic carbocycles. The molecule has 0 unspecified atom stereocenters. The summed E-state index contributed by atoms with van der Waals surface area (Å²) in [7, 11) is 18.0. The first kappa shape index (κ1) is 42.9. The molecule has 0 atom stereocenters. The third-order valence-corrected chi connectivity index (χ3v) is 0. The van der Waals surface area contributed by atoms with E-state index in [2.05, 4.69) is 26.6 Å². The maximum atomic E-state index is 3.50. The quantitative estimate of drug-likeness (QED) is 0.452. The summed E-state index contributed by atoms with van der Waals surface area (Å²) in [6.45, 7) is 0. The number of hydrogen-bond donors (Lipinski definition) is 2. The van der Waals surface area contributed by atoms with Crippen LogP contribution in [0.3, 0.4) is 0 Å². The Labute approximate surface area is 146 Å². The van der Waals surface area contributed by atoms with Gasteiger partial charge < -0.3 is 50.6 Å². The van der Waals surface area contributed by atoms with Gasteiger partial charge in [0.1, 0.15) is 0 Å². The Morgan fingerprint density at radius 1 is 0.529 bits per heavy atom. The number of halogens is 1. The summed E-state index contributed by atoms with van der Waals surface area (Å²) in [5, 5.41) is 16.0. The van der Waals surface area contributed by atoms with Gasteiger partial charge >= 0.3 is 26.2 Å². The van der Waals surface area contributed by atoms with Gasteiger partial charge in [0.05, 0.1) is 0 Å². The van der Waals surface area contributed by atoms with E-state index in [-0.39, 0.29) is 50.2 Å². The van der Waals surface area contributed by atoms with E-state index in [1.807, 2.05) is 28.2 Å². The van der Waals surface area contributed by atoms with Crippen LogP contribution in [0.25, 0.3) is 16.0 Å². The van der Waals surface area contributed by atoms with Crippen molar-refractivity contribution in [2.24, 2.45) is 0 Å². The van der Waals surface area contributed by atoms with Crippen LogP contribution in [0, 0.1) is 0 Å². The molecule has 0 heterocycles. The third kappa shape index (κ3) is 2070. The van der Waals surface area contributed by atoms with Crippen molar-refractivity contribution in [1.82, 2.24) is 10.6 Å². The maximum Gasteiger partial charge on any atom is 4.00 e. The Kier molecular flexibility index (Phi) is 288. The monoisotopic (exact) mass is 439 g/mol. The van der Waals surface area contributed by atoms with Crippen LogP contribution in [0.4, 0.5) is 0 Å². The summed E-state index contributed by atoms with van der Waals surface area (Å²) >= 11 is 0. The molecular weight excluding hydrogens is 408 g/mol. The van der Waals surface area contributed by atoms with Crippen LogP contribution in [-0.2, 0) is 26.2 Å².